The number of fused-ring (bicyclic) bond motifs is 1. The predicted octanol–water partition coefficient (Wildman–Crippen LogP) is 3.32. The number of carbonyl (C=O) groups is 1. The SMILES string of the molecule is Cc1nc2cc(C(=O)CNC3CCCC3)ccc2s1. The minimum absolute atomic E-state index is 0.166. The Labute approximate surface area is 117 Å². The van der Waals surface area contributed by atoms with E-state index in [1.165, 1.54) is 25.7 Å². The average molecular weight is 274 g/mol. The zero-order valence-corrected chi connectivity index (χ0v) is 11.9. The Bertz CT molecular complexity index is 599. The highest BCUT2D eigenvalue weighted by molar-refractivity contribution is 7.18. The van der Waals surface area contributed by atoms with Gasteiger partial charge in [-0.15, -0.1) is 11.3 Å². The van der Waals surface area contributed by atoms with Crippen LogP contribution in [-0.2, 0) is 0 Å². The molecule has 1 saturated carbocycles. The summed E-state index contributed by atoms with van der Waals surface area (Å²) in [5.74, 6) is 0.166. The number of aryl methyl sites for hydroxylation is 1. The summed E-state index contributed by atoms with van der Waals surface area (Å²) in [6, 6.07) is 6.37. The van der Waals surface area contributed by atoms with Crippen molar-refractivity contribution in [3.8, 4) is 0 Å². The summed E-state index contributed by atoms with van der Waals surface area (Å²) >= 11 is 1.67. The van der Waals surface area contributed by atoms with Crippen LogP contribution in [0.5, 0.6) is 0 Å². The predicted molar refractivity (Wildman–Crippen MR) is 78.9 cm³/mol. The van der Waals surface area contributed by atoms with Gasteiger partial charge in [0.05, 0.1) is 21.8 Å². The van der Waals surface area contributed by atoms with Crippen molar-refractivity contribution in [2.45, 2.75) is 38.6 Å². The molecule has 0 spiro atoms. The molecule has 0 radical (unpaired) electrons. The zero-order valence-electron chi connectivity index (χ0n) is 11.1. The number of Topliss-reactive ketones (excluding diaryl/α,β-unsaturated/α-hetero) is 1. The lowest BCUT2D eigenvalue weighted by Crippen LogP contribution is -2.31. The van der Waals surface area contributed by atoms with Gasteiger partial charge in [-0.3, -0.25) is 4.79 Å². The lowest BCUT2D eigenvalue weighted by molar-refractivity contribution is 0.0987. The smallest absolute Gasteiger partial charge is 0.176 e. The maximum absolute atomic E-state index is 12.2. The van der Waals surface area contributed by atoms with E-state index in [1.54, 1.807) is 11.3 Å². The van der Waals surface area contributed by atoms with Gasteiger partial charge in [0.15, 0.2) is 5.78 Å². The molecule has 0 saturated heterocycles. The van der Waals surface area contributed by atoms with Crippen LogP contribution in [-0.4, -0.2) is 23.4 Å². The van der Waals surface area contributed by atoms with E-state index < -0.39 is 0 Å². The van der Waals surface area contributed by atoms with Gasteiger partial charge in [0.1, 0.15) is 0 Å². The number of rotatable bonds is 4. The summed E-state index contributed by atoms with van der Waals surface area (Å²) in [6.07, 6.45) is 4.99. The van der Waals surface area contributed by atoms with E-state index >= 15 is 0 Å². The van der Waals surface area contributed by atoms with Gasteiger partial charge < -0.3 is 5.32 Å². The maximum Gasteiger partial charge on any atom is 0.176 e. The van der Waals surface area contributed by atoms with Crippen LogP contribution in [0.2, 0.25) is 0 Å². The van der Waals surface area contributed by atoms with Crippen LogP contribution >= 0.6 is 11.3 Å². The number of nitrogens with one attached hydrogen (secondary N) is 1. The summed E-state index contributed by atoms with van der Waals surface area (Å²) in [7, 11) is 0. The van der Waals surface area contributed by atoms with Crippen molar-refractivity contribution in [2.24, 2.45) is 0 Å². The minimum atomic E-state index is 0.166. The Kier molecular flexibility index (Phi) is 3.62. The molecular formula is C15H18N2OS. The third kappa shape index (κ3) is 2.85. The van der Waals surface area contributed by atoms with Gasteiger partial charge in [-0.2, -0.15) is 0 Å². The van der Waals surface area contributed by atoms with Gasteiger partial charge in [0, 0.05) is 11.6 Å². The first-order valence-corrected chi connectivity index (χ1v) is 7.68. The van der Waals surface area contributed by atoms with Gasteiger partial charge in [0.2, 0.25) is 0 Å². The normalized spacial score (nSPS) is 16.3. The number of aromatic nitrogens is 1. The van der Waals surface area contributed by atoms with E-state index in [1.807, 2.05) is 25.1 Å². The number of thiazole rings is 1. The Hall–Kier alpha value is -1.26. The van der Waals surface area contributed by atoms with E-state index in [0.29, 0.717) is 12.6 Å². The second-order valence-corrected chi connectivity index (χ2v) is 6.44. The summed E-state index contributed by atoms with van der Waals surface area (Å²) in [5.41, 5.74) is 1.71. The number of hydrogen-bond acceptors (Lipinski definition) is 4. The first-order chi connectivity index (χ1) is 9.22. The molecule has 3 rings (SSSR count). The van der Waals surface area contributed by atoms with Crippen molar-refractivity contribution in [2.75, 3.05) is 6.54 Å². The molecule has 4 heteroatoms. The van der Waals surface area contributed by atoms with Crippen LogP contribution in [0, 0.1) is 6.92 Å². The van der Waals surface area contributed by atoms with Gasteiger partial charge in [-0.25, -0.2) is 4.98 Å². The second kappa shape index (κ2) is 5.39. The van der Waals surface area contributed by atoms with Crippen molar-refractivity contribution in [3.63, 3.8) is 0 Å². The zero-order chi connectivity index (χ0) is 13.2. The van der Waals surface area contributed by atoms with Crippen molar-refractivity contribution < 1.29 is 4.79 Å². The quantitative estimate of drug-likeness (QED) is 0.870. The van der Waals surface area contributed by atoms with Crippen molar-refractivity contribution in [1.29, 1.82) is 0 Å². The molecule has 0 unspecified atom stereocenters. The Morgan fingerprint density at radius 1 is 1.42 bits per heavy atom. The number of ketones is 1. The summed E-state index contributed by atoms with van der Waals surface area (Å²) in [4.78, 5) is 16.6. The molecule has 1 fully saturated rings. The largest absolute Gasteiger partial charge is 0.307 e. The molecule has 1 aromatic heterocycles. The topological polar surface area (TPSA) is 42.0 Å². The van der Waals surface area contributed by atoms with E-state index in [2.05, 4.69) is 10.3 Å². The molecular weight excluding hydrogens is 256 g/mol. The second-order valence-electron chi connectivity index (χ2n) is 5.20. The van der Waals surface area contributed by atoms with E-state index in [4.69, 9.17) is 0 Å². The fraction of sp³-hybridized carbons (Fsp3) is 0.467. The Morgan fingerprint density at radius 3 is 3.00 bits per heavy atom. The number of carbonyl (C=O) groups excluding carboxylic acids is 1. The van der Waals surface area contributed by atoms with Crippen molar-refractivity contribution >= 4 is 27.3 Å². The third-order valence-electron chi connectivity index (χ3n) is 3.72. The van der Waals surface area contributed by atoms with Gasteiger partial charge in [-0.05, 0) is 38.0 Å². The van der Waals surface area contributed by atoms with E-state index in [9.17, 15) is 4.79 Å². The highest BCUT2D eigenvalue weighted by Crippen LogP contribution is 2.22. The Balaban J connectivity index is 1.69. The van der Waals surface area contributed by atoms with Crippen LogP contribution in [0.25, 0.3) is 10.2 Å². The molecule has 1 aromatic carbocycles. The van der Waals surface area contributed by atoms with Gasteiger partial charge in [-0.1, -0.05) is 12.8 Å². The molecule has 0 amide bonds. The van der Waals surface area contributed by atoms with E-state index in [-0.39, 0.29) is 5.78 Å². The minimum Gasteiger partial charge on any atom is -0.307 e. The molecule has 0 atom stereocenters. The van der Waals surface area contributed by atoms with Gasteiger partial charge >= 0.3 is 0 Å². The lowest BCUT2D eigenvalue weighted by Gasteiger charge is -2.10. The monoisotopic (exact) mass is 274 g/mol. The van der Waals surface area contributed by atoms with Crippen LogP contribution in [0.1, 0.15) is 41.0 Å². The summed E-state index contributed by atoms with van der Waals surface area (Å²) in [5, 5.41) is 4.41. The lowest BCUT2D eigenvalue weighted by atomic mass is 10.1. The molecule has 2 aromatic rings. The van der Waals surface area contributed by atoms with Crippen molar-refractivity contribution in [1.82, 2.24) is 10.3 Å². The van der Waals surface area contributed by atoms with Crippen molar-refractivity contribution in [3.05, 3.63) is 28.8 Å². The molecule has 19 heavy (non-hydrogen) atoms. The number of benzene rings is 1. The third-order valence-corrected chi connectivity index (χ3v) is 4.67. The molecule has 1 heterocycles. The van der Waals surface area contributed by atoms with E-state index in [0.717, 1.165) is 20.8 Å². The number of nitrogens with zero attached hydrogens (tertiary/aromatic N) is 1. The molecule has 0 bridgehead atoms. The molecule has 1 N–H and O–H groups in total. The molecule has 3 nitrogen and oxygen atoms in total. The summed E-state index contributed by atoms with van der Waals surface area (Å²) in [6.45, 7) is 2.44. The molecule has 100 valence electrons. The summed E-state index contributed by atoms with van der Waals surface area (Å²) < 4.78 is 1.15. The molecule has 1 aliphatic carbocycles. The maximum atomic E-state index is 12.2. The fourth-order valence-electron chi connectivity index (χ4n) is 2.69. The average Bonchev–Trinajstić information content (AvgIpc) is 3.02. The Morgan fingerprint density at radius 2 is 2.21 bits per heavy atom. The molecule has 0 aliphatic heterocycles. The molecule has 1 aliphatic rings. The van der Waals surface area contributed by atoms with Gasteiger partial charge in [0.25, 0.3) is 0 Å². The standard InChI is InChI=1S/C15H18N2OS/c1-10-17-13-8-11(6-7-15(13)19-10)14(18)9-16-12-4-2-3-5-12/h6-8,12,16H,2-5,9H2,1H3. The highest BCUT2D eigenvalue weighted by Gasteiger charge is 2.16. The first kappa shape index (κ1) is 12.8. The highest BCUT2D eigenvalue weighted by atomic mass is 32.1. The van der Waals surface area contributed by atoms with Crippen LogP contribution in [0.3, 0.4) is 0 Å². The van der Waals surface area contributed by atoms with Crippen LogP contribution < -0.4 is 5.32 Å². The first-order valence-electron chi connectivity index (χ1n) is 6.86. The number of hydrogen-bond donors (Lipinski definition) is 1. The van der Waals surface area contributed by atoms with Crippen LogP contribution in [0.4, 0.5) is 0 Å². The van der Waals surface area contributed by atoms with Crippen LogP contribution in [0.15, 0.2) is 18.2 Å². The fourth-order valence-corrected chi connectivity index (χ4v) is 3.49.